The van der Waals surface area contributed by atoms with E-state index in [1.807, 2.05) is 6.07 Å². The lowest BCUT2D eigenvalue weighted by Crippen LogP contribution is -2.38. The Bertz CT molecular complexity index is 1120. The molecule has 0 saturated carbocycles. The van der Waals surface area contributed by atoms with Crippen molar-refractivity contribution in [3.63, 3.8) is 0 Å². The summed E-state index contributed by atoms with van der Waals surface area (Å²) < 4.78 is 12.4. The van der Waals surface area contributed by atoms with E-state index in [1.165, 1.54) is 10.2 Å². The first-order valence-corrected chi connectivity index (χ1v) is 13.2. The first-order valence-electron chi connectivity index (χ1n) is 11.1. The van der Waals surface area contributed by atoms with E-state index in [4.69, 9.17) is 21.4 Å². The Labute approximate surface area is 202 Å². The molecule has 0 bridgehead atoms. The number of nitrogens with one attached hydrogen (secondary N) is 2. The van der Waals surface area contributed by atoms with Crippen LogP contribution in [0.1, 0.15) is 24.1 Å². The number of aryl methyl sites for hydroxylation is 1. The van der Waals surface area contributed by atoms with Crippen molar-refractivity contribution >= 4 is 31.0 Å². The van der Waals surface area contributed by atoms with E-state index < -0.39 is 7.60 Å². The lowest BCUT2D eigenvalue weighted by Gasteiger charge is -2.32. The zero-order valence-corrected chi connectivity index (χ0v) is 20.2. The summed E-state index contributed by atoms with van der Waals surface area (Å²) >= 11 is 6.21. The normalized spacial score (nSPS) is 15.4. The van der Waals surface area contributed by atoms with Crippen LogP contribution in [0, 0.1) is 0 Å². The van der Waals surface area contributed by atoms with Gasteiger partial charge in [0.2, 0.25) is 5.95 Å². The number of anilines is 2. The maximum Gasteiger partial charge on any atom is 0.327 e. The average molecular weight is 507 g/mol. The molecule has 11 nitrogen and oxygen atoms in total. The van der Waals surface area contributed by atoms with Gasteiger partial charge in [-0.05, 0) is 18.4 Å². The van der Waals surface area contributed by atoms with Crippen LogP contribution in [0.3, 0.4) is 0 Å². The molecule has 13 heteroatoms. The van der Waals surface area contributed by atoms with Crippen LogP contribution in [-0.2, 0) is 24.2 Å². The maximum atomic E-state index is 11.0. The molecule has 182 valence electrons. The number of hydrogen-bond acceptors (Lipinski definition) is 8. The third-order valence-electron chi connectivity index (χ3n) is 5.52. The van der Waals surface area contributed by atoms with Gasteiger partial charge in [0.25, 0.3) is 0 Å². The average Bonchev–Trinajstić information content (AvgIpc) is 3.26. The third kappa shape index (κ3) is 7.75. The van der Waals surface area contributed by atoms with Crippen molar-refractivity contribution in [2.45, 2.75) is 38.5 Å². The molecule has 1 aliphatic rings. The minimum atomic E-state index is -4.08. The van der Waals surface area contributed by atoms with Crippen LogP contribution in [0.4, 0.5) is 11.8 Å². The minimum absolute atomic E-state index is 0.0865. The van der Waals surface area contributed by atoms with Crippen LogP contribution in [-0.4, -0.2) is 64.9 Å². The fraction of sp³-hybridized carbons (Fsp3) is 0.429. The molecule has 1 aromatic carbocycles. The van der Waals surface area contributed by atoms with E-state index in [1.54, 1.807) is 12.3 Å². The smallest absolute Gasteiger partial charge is 0.327 e. The van der Waals surface area contributed by atoms with Gasteiger partial charge in [-0.25, -0.2) is 4.98 Å². The first-order chi connectivity index (χ1) is 16.3. The highest BCUT2D eigenvalue weighted by atomic mass is 35.5. The van der Waals surface area contributed by atoms with Gasteiger partial charge >= 0.3 is 7.60 Å². The number of halogens is 1. The number of likely N-dealkylation sites (tertiary alicyclic amines) is 1. The Morgan fingerprint density at radius 3 is 2.65 bits per heavy atom. The Morgan fingerprint density at radius 2 is 1.91 bits per heavy atom. The van der Waals surface area contributed by atoms with E-state index in [0.29, 0.717) is 35.2 Å². The van der Waals surface area contributed by atoms with Crippen molar-refractivity contribution in [1.82, 2.24) is 29.9 Å². The van der Waals surface area contributed by atoms with Crippen LogP contribution in [0.2, 0.25) is 5.15 Å². The standard InChI is InChI=1S/C21H28ClN8O3P/c22-19-12-20(24-17-6-8-29(9-7-17)14-16-4-2-1-3-5-16)26-21(25-19)23-13-18-15-30(28-27-18)10-11-34(31,32)33/h1-5,12,15,17H,6-11,13-14H2,(H2,31,32,33)(H2,23,24,25,26). The van der Waals surface area contributed by atoms with Gasteiger partial charge in [0.05, 0.1) is 25.4 Å². The number of aromatic nitrogens is 5. The van der Waals surface area contributed by atoms with Gasteiger partial charge in [-0.1, -0.05) is 47.1 Å². The molecular weight excluding hydrogens is 479 g/mol. The fourth-order valence-electron chi connectivity index (χ4n) is 3.79. The highest BCUT2D eigenvalue weighted by Gasteiger charge is 2.20. The molecule has 3 aromatic rings. The Hall–Kier alpha value is -2.56. The van der Waals surface area contributed by atoms with Crippen LogP contribution in [0.15, 0.2) is 42.6 Å². The molecule has 1 aliphatic heterocycles. The van der Waals surface area contributed by atoms with Gasteiger partial charge in [-0.2, -0.15) is 4.98 Å². The van der Waals surface area contributed by atoms with Gasteiger partial charge in [0.15, 0.2) is 0 Å². The Balaban J connectivity index is 1.26. The SMILES string of the molecule is O=P(O)(O)CCn1cc(CNc2nc(Cl)cc(NC3CCN(Cc4ccccc4)CC3)n2)nn1. The summed E-state index contributed by atoms with van der Waals surface area (Å²) in [5.74, 6) is 1.02. The topological polar surface area (TPSA) is 141 Å². The zero-order valence-electron chi connectivity index (χ0n) is 18.6. The van der Waals surface area contributed by atoms with Crippen LogP contribution in [0.5, 0.6) is 0 Å². The van der Waals surface area contributed by atoms with Gasteiger partial charge in [0, 0.05) is 31.7 Å². The molecule has 4 rings (SSSR count). The maximum absolute atomic E-state index is 11.0. The molecular formula is C21H28ClN8O3P. The molecule has 0 unspecified atom stereocenters. The van der Waals surface area contributed by atoms with Crippen molar-refractivity contribution in [3.05, 3.63) is 59.0 Å². The number of piperidine rings is 1. The molecule has 1 fully saturated rings. The molecule has 0 aliphatic carbocycles. The van der Waals surface area contributed by atoms with E-state index in [0.717, 1.165) is 32.5 Å². The van der Waals surface area contributed by atoms with Gasteiger partial charge in [0.1, 0.15) is 16.7 Å². The summed E-state index contributed by atoms with van der Waals surface area (Å²) in [7, 11) is -4.08. The van der Waals surface area contributed by atoms with Crippen LogP contribution < -0.4 is 10.6 Å². The highest BCUT2D eigenvalue weighted by Crippen LogP contribution is 2.33. The molecule has 0 atom stereocenters. The van der Waals surface area contributed by atoms with Gasteiger partial charge < -0.3 is 20.4 Å². The lowest BCUT2D eigenvalue weighted by atomic mass is 10.0. The van der Waals surface area contributed by atoms with Crippen molar-refractivity contribution < 1.29 is 14.4 Å². The number of hydrogen-bond donors (Lipinski definition) is 4. The summed E-state index contributed by atoms with van der Waals surface area (Å²) in [5, 5.41) is 14.7. The van der Waals surface area contributed by atoms with E-state index in [-0.39, 0.29) is 12.7 Å². The Kier molecular flexibility index (Phi) is 8.12. The van der Waals surface area contributed by atoms with Crippen LogP contribution >= 0.6 is 19.2 Å². The summed E-state index contributed by atoms with van der Waals surface area (Å²) in [5.41, 5.74) is 1.92. The second-order valence-corrected chi connectivity index (χ2v) is 10.5. The van der Waals surface area contributed by atoms with Gasteiger partial charge in [-0.15, -0.1) is 5.10 Å². The minimum Gasteiger partial charge on any atom is -0.367 e. The van der Waals surface area contributed by atoms with Crippen LogP contribution in [0.25, 0.3) is 0 Å². The summed E-state index contributed by atoms with van der Waals surface area (Å²) in [6, 6.07) is 12.5. The quantitative estimate of drug-likeness (QED) is 0.239. The fourth-order valence-corrected chi connectivity index (χ4v) is 4.44. The summed E-state index contributed by atoms with van der Waals surface area (Å²) in [6.07, 6.45) is 3.35. The summed E-state index contributed by atoms with van der Waals surface area (Å²) in [6.45, 7) is 3.37. The highest BCUT2D eigenvalue weighted by molar-refractivity contribution is 7.51. The second kappa shape index (κ2) is 11.2. The van der Waals surface area contributed by atoms with Gasteiger partial charge in [-0.3, -0.25) is 14.1 Å². The number of rotatable bonds is 10. The summed E-state index contributed by atoms with van der Waals surface area (Å²) in [4.78, 5) is 29.1. The number of nitrogens with zero attached hydrogens (tertiary/aromatic N) is 6. The van der Waals surface area contributed by atoms with E-state index in [9.17, 15) is 4.57 Å². The predicted octanol–water partition coefficient (Wildman–Crippen LogP) is 2.59. The molecule has 1 saturated heterocycles. The molecule has 0 radical (unpaired) electrons. The molecule has 3 heterocycles. The van der Waals surface area contributed by atoms with E-state index >= 15 is 0 Å². The van der Waals surface area contributed by atoms with Crippen molar-refractivity contribution in [2.75, 3.05) is 29.9 Å². The van der Waals surface area contributed by atoms with E-state index in [2.05, 4.69) is 60.1 Å². The molecule has 0 spiro atoms. The monoisotopic (exact) mass is 506 g/mol. The molecule has 2 aromatic heterocycles. The molecule has 0 amide bonds. The number of benzene rings is 1. The van der Waals surface area contributed by atoms with Crippen molar-refractivity contribution in [2.24, 2.45) is 0 Å². The first kappa shape index (κ1) is 24.6. The van der Waals surface area contributed by atoms with Crippen molar-refractivity contribution in [1.29, 1.82) is 0 Å². The second-order valence-electron chi connectivity index (χ2n) is 8.29. The Morgan fingerprint density at radius 1 is 1.15 bits per heavy atom. The molecule has 34 heavy (non-hydrogen) atoms. The zero-order chi connectivity index (χ0) is 24.0. The lowest BCUT2D eigenvalue weighted by molar-refractivity contribution is 0.211. The third-order valence-corrected chi connectivity index (χ3v) is 6.49. The van der Waals surface area contributed by atoms with Crippen molar-refractivity contribution in [3.8, 4) is 0 Å². The largest absolute Gasteiger partial charge is 0.367 e. The predicted molar refractivity (Wildman–Crippen MR) is 130 cm³/mol. The molecule has 4 N–H and O–H groups in total.